The van der Waals surface area contributed by atoms with Crippen molar-refractivity contribution < 1.29 is 0 Å². The molecule has 0 aliphatic carbocycles. The number of nitrogens with zero attached hydrogens (tertiary/aromatic N) is 2. The number of hydrogen-bond acceptors (Lipinski definition) is 2. The average Bonchev–Trinajstić information content (AvgIpc) is 1.86. The molecule has 0 saturated carbocycles. The number of H-pyrrole nitrogens is 1. The van der Waals surface area contributed by atoms with Crippen LogP contribution >= 0.6 is 22.6 Å². The second kappa shape index (κ2) is 1.55. The van der Waals surface area contributed by atoms with Crippen LogP contribution in [0, 0.1) is 9.90 Å². The van der Waals surface area contributed by atoms with Crippen molar-refractivity contribution >= 4 is 22.6 Å². The first-order chi connectivity index (χ1) is 2.89. The van der Waals surface area contributed by atoms with Gasteiger partial charge in [0.2, 0.25) is 0 Å². The molecule has 31 valence electrons. The van der Waals surface area contributed by atoms with Crippen molar-refractivity contribution in [3.05, 3.63) is 9.90 Å². The molecule has 1 rings (SSSR count). The largest absolute Gasteiger partial charge is 0.255 e. The maximum Gasteiger partial charge on any atom is 0.152 e. The van der Waals surface area contributed by atoms with Crippen molar-refractivity contribution in [3.63, 3.8) is 0 Å². The minimum atomic E-state index is 0.771. The monoisotopic (exact) mass is 194 g/mol. The summed E-state index contributed by atoms with van der Waals surface area (Å²) in [7, 11) is 0. The number of aromatic amines is 1. The van der Waals surface area contributed by atoms with Crippen LogP contribution in [0.1, 0.15) is 0 Å². The lowest BCUT2D eigenvalue weighted by atomic mass is 11.0. The quantitative estimate of drug-likeness (QED) is 0.599. The Morgan fingerprint density at radius 3 is 2.83 bits per heavy atom. The van der Waals surface area contributed by atoms with Gasteiger partial charge >= 0.3 is 0 Å². The summed E-state index contributed by atoms with van der Waals surface area (Å²) in [5, 5.41) is 9.36. The Morgan fingerprint density at radius 1 is 1.83 bits per heavy atom. The average molecular weight is 194 g/mol. The van der Waals surface area contributed by atoms with Crippen LogP contribution < -0.4 is 0 Å². The fraction of sp³-hybridized carbons (Fsp3) is 0. The van der Waals surface area contributed by atoms with Gasteiger partial charge in [0.05, 0.1) is 0 Å². The first-order valence-corrected chi connectivity index (χ1v) is 2.41. The molecule has 1 aromatic heterocycles. The van der Waals surface area contributed by atoms with Crippen LogP contribution in [0.2, 0.25) is 0 Å². The van der Waals surface area contributed by atoms with Crippen molar-refractivity contribution in [1.29, 1.82) is 0 Å². The van der Waals surface area contributed by atoms with E-state index in [2.05, 4.69) is 21.6 Å². The van der Waals surface area contributed by atoms with E-state index >= 15 is 0 Å². The zero-order valence-electron chi connectivity index (χ0n) is 2.77. The summed E-state index contributed by atoms with van der Waals surface area (Å²) in [5.41, 5.74) is 0. The van der Waals surface area contributed by atoms with E-state index in [0.29, 0.717) is 0 Å². The molecule has 4 heteroatoms. The van der Waals surface area contributed by atoms with Crippen LogP contribution in [0.3, 0.4) is 0 Å². The van der Waals surface area contributed by atoms with Gasteiger partial charge in [-0.25, -0.2) is 0 Å². The standard InChI is InChI=1S/C2HIN3/c3-2-1-4-6-5-2/h(H,4,5,6). The first kappa shape index (κ1) is 4.04. The maximum absolute atomic E-state index is 3.54. The highest BCUT2D eigenvalue weighted by molar-refractivity contribution is 14.1. The fourth-order valence-electron chi connectivity index (χ4n) is 0.165. The topological polar surface area (TPSA) is 41.6 Å². The molecular formula is C2HIN3. The van der Waals surface area contributed by atoms with Gasteiger partial charge in [0.15, 0.2) is 3.70 Å². The molecule has 0 spiro atoms. The Labute approximate surface area is 48.3 Å². The van der Waals surface area contributed by atoms with Gasteiger partial charge in [0, 0.05) is 0 Å². The molecule has 0 bridgehead atoms. The van der Waals surface area contributed by atoms with Gasteiger partial charge in [-0.2, -0.15) is 0 Å². The van der Waals surface area contributed by atoms with E-state index in [1.165, 1.54) is 0 Å². The van der Waals surface area contributed by atoms with Crippen LogP contribution in [0.5, 0.6) is 0 Å². The van der Waals surface area contributed by atoms with Crippen molar-refractivity contribution in [1.82, 2.24) is 15.4 Å². The molecule has 0 saturated heterocycles. The zero-order chi connectivity index (χ0) is 4.41. The van der Waals surface area contributed by atoms with Gasteiger partial charge in [-0.1, -0.05) is 5.21 Å². The Morgan fingerprint density at radius 2 is 2.67 bits per heavy atom. The molecule has 0 unspecified atom stereocenters. The molecule has 1 N–H and O–H groups in total. The second-order valence-electron chi connectivity index (χ2n) is 0.728. The number of rotatable bonds is 0. The summed E-state index contributed by atoms with van der Waals surface area (Å²) in [6.07, 6.45) is 2.64. The van der Waals surface area contributed by atoms with Crippen molar-refractivity contribution in [3.8, 4) is 0 Å². The molecule has 1 radical (unpaired) electrons. The summed E-state index contributed by atoms with van der Waals surface area (Å²) in [4.78, 5) is 0. The predicted octanol–water partition coefficient (Wildman–Crippen LogP) is 0.209. The summed E-state index contributed by atoms with van der Waals surface area (Å²) in [6, 6.07) is 0. The fourth-order valence-corrected chi connectivity index (χ4v) is 0.394. The van der Waals surface area contributed by atoms with Gasteiger partial charge in [0.25, 0.3) is 0 Å². The normalized spacial score (nSPS) is 8.83. The molecular weight excluding hydrogens is 193 g/mol. The summed E-state index contributed by atoms with van der Waals surface area (Å²) in [5.74, 6) is 0. The third kappa shape index (κ3) is 0.675. The molecule has 6 heavy (non-hydrogen) atoms. The first-order valence-electron chi connectivity index (χ1n) is 1.34. The van der Waals surface area contributed by atoms with Crippen LogP contribution in [0.25, 0.3) is 0 Å². The Bertz CT molecular complexity index is 112. The van der Waals surface area contributed by atoms with Gasteiger partial charge in [0.1, 0.15) is 6.20 Å². The van der Waals surface area contributed by atoms with Crippen LogP contribution in [0.4, 0.5) is 0 Å². The highest BCUT2D eigenvalue weighted by Gasteiger charge is 1.80. The SMILES string of the molecule is Ic1[c][nH]nn1. The Kier molecular flexibility index (Phi) is 1.04. The van der Waals surface area contributed by atoms with E-state index in [1.54, 1.807) is 0 Å². The van der Waals surface area contributed by atoms with E-state index in [4.69, 9.17) is 0 Å². The molecule has 0 aromatic carbocycles. The third-order valence-corrected chi connectivity index (χ3v) is 0.832. The van der Waals surface area contributed by atoms with Crippen LogP contribution in [0.15, 0.2) is 0 Å². The van der Waals surface area contributed by atoms with Gasteiger partial charge in [-0.05, 0) is 22.6 Å². The third-order valence-electron chi connectivity index (χ3n) is 0.347. The predicted molar refractivity (Wildman–Crippen MR) is 27.9 cm³/mol. The van der Waals surface area contributed by atoms with Crippen LogP contribution in [-0.4, -0.2) is 15.4 Å². The Balaban J connectivity index is 3.05. The van der Waals surface area contributed by atoms with Crippen molar-refractivity contribution in [2.75, 3.05) is 0 Å². The second-order valence-corrected chi connectivity index (χ2v) is 1.75. The Hall–Kier alpha value is -0.130. The smallest absolute Gasteiger partial charge is 0.152 e. The van der Waals surface area contributed by atoms with Gasteiger partial charge in [-0.15, -0.1) is 5.10 Å². The highest BCUT2D eigenvalue weighted by atomic mass is 127. The van der Waals surface area contributed by atoms with E-state index < -0.39 is 0 Å². The molecule has 1 heterocycles. The van der Waals surface area contributed by atoms with Gasteiger partial charge < -0.3 is 0 Å². The van der Waals surface area contributed by atoms with Gasteiger partial charge in [-0.3, -0.25) is 5.10 Å². The number of aromatic nitrogens is 3. The zero-order valence-corrected chi connectivity index (χ0v) is 4.93. The van der Waals surface area contributed by atoms with E-state index in [-0.39, 0.29) is 0 Å². The summed E-state index contributed by atoms with van der Waals surface area (Å²) in [6.45, 7) is 0. The molecule has 1 aromatic rings. The lowest BCUT2D eigenvalue weighted by molar-refractivity contribution is 0.932. The highest BCUT2D eigenvalue weighted by Crippen LogP contribution is 1.89. The number of nitrogens with one attached hydrogen (secondary N) is 1. The molecule has 0 aliphatic rings. The van der Waals surface area contributed by atoms with E-state index in [0.717, 1.165) is 3.70 Å². The van der Waals surface area contributed by atoms with E-state index in [9.17, 15) is 0 Å². The molecule has 3 nitrogen and oxygen atoms in total. The summed E-state index contributed by atoms with van der Waals surface area (Å²) >= 11 is 2.01. The minimum Gasteiger partial charge on any atom is -0.255 e. The van der Waals surface area contributed by atoms with Crippen LogP contribution in [-0.2, 0) is 0 Å². The van der Waals surface area contributed by atoms with Crippen molar-refractivity contribution in [2.45, 2.75) is 0 Å². The van der Waals surface area contributed by atoms with Crippen molar-refractivity contribution in [2.24, 2.45) is 0 Å². The molecule has 0 aliphatic heterocycles. The summed E-state index contributed by atoms with van der Waals surface area (Å²) < 4.78 is 0.771. The number of hydrogen-bond donors (Lipinski definition) is 1. The molecule has 0 atom stereocenters. The number of halogens is 1. The maximum atomic E-state index is 3.54. The molecule has 0 amide bonds. The molecule has 0 fully saturated rings. The van der Waals surface area contributed by atoms with E-state index in [1.807, 2.05) is 22.6 Å². The lowest BCUT2D eigenvalue weighted by Crippen LogP contribution is -1.66. The lowest BCUT2D eigenvalue weighted by Gasteiger charge is -1.56. The minimum absolute atomic E-state index is 0.771.